The molecule has 0 aliphatic heterocycles. The van der Waals surface area contributed by atoms with Crippen LogP contribution in [0.3, 0.4) is 0 Å². The monoisotopic (exact) mass is 236 g/mol. The molecule has 0 spiro atoms. The van der Waals surface area contributed by atoms with Crippen LogP contribution >= 0.6 is 21.6 Å². The summed E-state index contributed by atoms with van der Waals surface area (Å²) in [6.07, 6.45) is 10.3. The molecule has 0 aromatic carbocycles. The van der Waals surface area contributed by atoms with Crippen molar-refractivity contribution in [2.75, 3.05) is 31.1 Å². The summed E-state index contributed by atoms with van der Waals surface area (Å²) < 4.78 is 7.33. The second kappa shape index (κ2) is 5.05. The highest BCUT2D eigenvalue weighted by Gasteiger charge is 2.03. The fraction of sp³-hybridized carbons (Fsp3) is 0.667. The molecule has 1 heterocycles. The van der Waals surface area contributed by atoms with Crippen LogP contribution in [0.2, 0.25) is 5.15 Å². The molecule has 0 fully saturated rings. The molecule has 1 aromatic heterocycles. The Hall–Kier alpha value is -0.190. The average Bonchev–Trinajstić information content (AvgIpc) is 2.44. The van der Waals surface area contributed by atoms with Crippen LogP contribution in [0.5, 0.6) is 0 Å². The zero-order valence-corrected chi connectivity index (χ0v) is 10.4. The van der Waals surface area contributed by atoms with Gasteiger partial charge in [-0.2, -0.15) is 0 Å². The molecule has 0 aliphatic rings. The van der Waals surface area contributed by atoms with E-state index in [1.165, 1.54) is 0 Å². The van der Waals surface area contributed by atoms with Crippen molar-refractivity contribution < 1.29 is 4.74 Å². The molecule has 0 unspecified atom stereocenters. The zero-order chi connectivity index (χ0) is 10.6. The normalized spacial score (nSPS) is 13.1. The van der Waals surface area contributed by atoms with Crippen LogP contribution < -0.4 is 0 Å². The Morgan fingerprint density at radius 3 is 2.71 bits per heavy atom. The van der Waals surface area contributed by atoms with Gasteiger partial charge in [-0.1, -0.05) is 11.6 Å². The molecule has 0 bridgehead atoms. The first-order valence-electron chi connectivity index (χ1n) is 4.38. The Kier molecular flexibility index (Phi) is 4.29. The molecule has 82 valence electrons. The lowest BCUT2D eigenvalue weighted by Gasteiger charge is -2.24. The van der Waals surface area contributed by atoms with Crippen molar-refractivity contribution in [3.8, 4) is 0 Å². The summed E-state index contributed by atoms with van der Waals surface area (Å²) in [6, 6.07) is 0. The molecule has 5 heteroatoms. The van der Waals surface area contributed by atoms with Crippen LogP contribution in [0, 0.1) is 0 Å². The van der Waals surface area contributed by atoms with Gasteiger partial charge in [0.1, 0.15) is 11.9 Å². The van der Waals surface area contributed by atoms with Gasteiger partial charge < -0.3 is 9.30 Å². The van der Waals surface area contributed by atoms with Gasteiger partial charge in [0.05, 0.1) is 12.9 Å². The molecule has 0 atom stereocenters. The number of hydrogen-bond donors (Lipinski definition) is 0. The topological polar surface area (TPSA) is 27.1 Å². The third-order valence-corrected chi connectivity index (χ3v) is 3.27. The van der Waals surface area contributed by atoms with E-state index in [2.05, 4.69) is 23.8 Å². The molecule has 0 N–H and O–H groups in total. The van der Waals surface area contributed by atoms with E-state index < -0.39 is 10.0 Å². The predicted octanol–water partition coefficient (Wildman–Crippen LogP) is 2.20. The van der Waals surface area contributed by atoms with Crippen LogP contribution in [0.25, 0.3) is 0 Å². The van der Waals surface area contributed by atoms with Crippen molar-refractivity contribution in [2.24, 2.45) is 0 Å². The maximum absolute atomic E-state index is 5.66. The third kappa shape index (κ3) is 4.88. The van der Waals surface area contributed by atoms with Crippen LogP contribution in [0.15, 0.2) is 12.5 Å². The number of imidazole rings is 1. The van der Waals surface area contributed by atoms with Crippen LogP contribution in [-0.4, -0.2) is 40.7 Å². The minimum absolute atomic E-state index is 0.449. The molecule has 0 radical (unpaired) electrons. The minimum Gasteiger partial charge on any atom is -0.360 e. The zero-order valence-electron chi connectivity index (χ0n) is 8.86. The summed E-state index contributed by atoms with van der Waals surface area (Å²) in [5, 5.41) is 0.509. The van der Waals surface area contributed by atoms with E-state index in [0.717, 1.165) is 12.4 Å². The number of aromatic nitrogens is 2. The lowest BCUT2D eigenvalue weighted by Crippen LogP contribution is -2.08. The van der Waals surface area contributed by atoms with Crippen molar-refractivity contribution in [3.63, 3.8) is 0 Å². The van der Waals surface area contributed by atoms with Gasteiger partial charge in [-0.15, -0.1) is 0 Å². The summed E-state index contributed by atoms with van der Waals surface area (Å²) in [6.45, 7) is 1.34. The molecule has 0 saturated heterocycles. The van der Waals surface area contributed by atoms with Crippen molar-refractivity contribution in [3.05, 3.63) is 17.7 Å². The van der Waals surface area contributed by atoms with Crippen LogP contribution in [-0.2, 0) is 11.5 Å². The molecule has 3 nitrogen and oxygen atoms in total. The standard InChI is InChI=1S/C9H17ClN2OS/c1-14(2,3)5-4-13-8-12-6-9(10)11-7-12/h6-7H,4-5,8H2,1-3H3. The maximum Gasteiger partial charge on any atom is 0.147 e. The van der Waals surface area contributed by atoms with Gasteiger partial charge in [0.2, 0.25) is 0 Å². The highest BCUT2D eigenvalue weighted by molar-refractivity contribution is 8.32. The number of ether oxygens (including phenoxy) is 1. The molecular weight excluding hydrogens is 220 g/mol. The average molecular weight is 237 g/mol. The molecule has 1 rings (SSSR count). The van der Waals surface area contributed by atoms with Crippen molar-refractivity contribution in [1.29, 1.82) is 0 Å². The first-order valence-corrected chi connectivity index (χ1v) is 7.79. The number of halogens is 1. The lowest BCUT2D eigenvalue weighted by molar-refractivity contribution is 0.0896. The largest absolute Gasteiger partial charge is 0.360 e. The summed E-state index contributed by atoms with van der Waals surface area (Å²) in [4.78, 5) is 3.90. The van der Waals surface area contributed by atoms with E-state index in [9.17, 15) is 0 Å². The minimum atomic E-state index is -0.449. The maximum atomic E-state index is 5.66. The van der Waals surface area contributed by atoms with E-state index in [0.29, 0.717) is 11.9 Å². The number of hydrogen-bond acceptors (Lipinski definition) is 2. The lowest BCUT2D eigenvalue weighted by atomic mass is 10.8. The number of nitrogens with zero attached hydrogens (tertiary/aromatic N) is 2. The molecule has 0 amide bonds. The SMILES string of the molecule is CS(C)(C)CCOCn1cnc(Cl)c1. The molecular formula is C9H17ClN2OS. The Balaban J connectivity index is 2.16. The first kappa shape index (κ1) is 11.9. The molecule has 0 saturated carbocycles. The fourth-order valence-corrected chi connectivity index (χ4v) is 1.67. The Labute approximate surface area is 91.7 Å². The summed E-state index contributed by atoms with van der Waals surface area (Å²) in [5.41, 5.74) is 0. The smallest absolute Gasteiger partial charge is 0.147 e. The van der Waals surface area contributed by atoms with Crippen LogP contribution in [0.1, 0.15) is 0 Å². The van der Waals surface area contributed by atoms with Gasteiger partial charge >= 0.3 is 0 Å². The molecule has 14 heavy (non-hydrogen) atoms. The Morgan fingerprint density at radius 2 is 2.21 bits per heavy atom. The van der Waals surface area contributed by atoms with E-state index >= 15 is 0 Å². The summed E-state index contributed by atoms with van der Waals surface area (Å²) >= 11 is 5.66. The molecule has 0 aliphatic carbocycles. The van der Waals surface area contributed by atoms with Crippen LogP contribution in [0.4, 0.5) is 0 Å². The van der Waals surface area contributed by atoms with E-state index in [4.69, 9.17) is 16.3 Å². The second-order valence-electron chi connectivity index (χ2n) is 4.04. The van der Waals surface area contributed by atoms with Crippen molar-refractivity contribution in [1.82, 2.24) is 9.55 Å². The fourth-order valence-electron chi connectivity index (χ4n) is 0.882. The molecule has 1 aromatic rings. The third-order valence-electron chi connectivity index (χ3n) is 1.68. The van der Waals surface area contributed by atoms with Gasteiger partial charge in [-0.25, -0.2) is 15.0 Å². The Morgan fingerprint density at radius 1 is 1.50 bits per heavy atom. The summed E-state index contributed by atoms with van der Waals surface area (Å²) in [5.74, 6) is 1.13. The first-order chi connectivity index (χ1) is 6.47. The summed E-state index contributed by atoms with van der Waals surface area (Å²) in [7, 11) is -0.449. The number of rotatable bonds is 5. The van der Waals surface area contributed by atoms with Gasteiger partial charge in [0, 0.05) is 11.9 Å². The van der Waals surface area contributed by atoms with Gasteiger partial charge in [0.25, 0.3) is 0 Å². The predicted molar refractivity (Wildman–Crippen MR) is 63.4 cm³/mol. The quantitative estimate of drug-likeness (QED) is 0.733. The van der Waals surface area contributed by atoms with Crippen molar-refractivity contribution in [2.45, 2.75) is 6.73 Å². The van der Waals surface area contributed by atoms with Gasteiger partial charge in [0.15, 0.2) is 0 Å². The highest BCUT2D eigenvalue weighted by Crippen LogP contribution is 2.33. The van der Waals surface area contributed by atoms with E-state index in [-0.39, 0.29) is 0 Å². The van der Waals surface area contributed by atoms with E-state index in [1.54, 1.807) is 12.5 Å². The van der Waals surface area contributed by atoms with Gasteiger partial charge in [-0.05, 0) is 18.8 Å². The van der Waals surface area contributed by atoms with Gasteiger partial charge in [-0.3, -0.25) is 0 Å². The van der Waals surface area contributed by atoms with E-state index in [1.807, 2.05) is 4.57 Å². The van der Waals surface area contributed by atoms with Crippen molar-refractivity contribution >= 4 is 21.6 Å². The Bertz CT molecular complexity index is 283. The second-order valence-corrected chi connectivity index (χ2v) is 9.02. The highest BCUT2D eigenvalue weighted by atomic mass is 35.5.